The van der Waals surface area contributed by atoms with Crippen LogP contribution in [0.25, 0.3) is 22.2 Å². The zero-order valence-corrected chi connectivity index (χ0v) is 29.1. The number of hydrogen-bond acceptors (Lipinski definition) is 9. The summed E-state index contributed by atoms with van der Waals surface area (Å²) in [6, 6.07) is 5.68. The van der Waals surface area contributed by atoms with Gasteiger partial charge in [0.05, 0.1) is 29.2 Å². The average molecular weight is 723 g/mol. The summed E-state index contributed by atoms with van der Waals surface area (Å²) < 4.78 is 74.7. The molecule has 2 atom stereocenters. The molecule has 0 bridgehead atoms. The van der Waals surface area contributed by atoms with Crippen molar-refractivity contribution in [3.05, 3.63) is 53.0 Å². The second-order valence-corrected chi connectivity index (χ2v) is 12.6. The van der Waals surface area contributed by atoms with E-state index in [4.69, 9.17) is 21.6 Å². The third-order valence-electron chi connectivity index (χ3n) is 8.46. The van der Waals surface area contributed by atoms with Crippen molar-refractivity contribution >= 4 is 34.2 Å². The van der Waals surface area contributed by atoms with E-state index in [1.54, 1.807) is 17.0 Å². The van der Waals surface area contributed by atoms with Gasteiger partial charge in [-0.15, -0.1) is 0 Å². The number of rotatable bonds is 6. The molecule has 2 aromatic heterocycles. The predicted octanol–water partition coefficient (Wildman–Crippen LogP) is 6.00. The predicted molar refractivity (Wildman–Crippen MR) is 181 cm³/mol. The highest BCUT2D eigenvalue weighted by molar-refractivity contribution is 6.31. The first kappa shape index (κ1) is 38.7. The summed E-state index contributed by atoms with van der Waals surface area (Å²) >= 11 is 5.83. The summed E-state index contributed by atoms with van der Waals surface area (Å²) in [4.78, 5) is 32.7. The number of carbonyl (C=O) groups excluding carboxylic acids is 1. The second-order valence-electron chi connectivity index (χ2n) is 12.2. The SMILES string of the molecule is CC#N.COc1nc(N2CCN(C(=O)/C=C/CN(C)C)CC2)c2cnc(-c3cccc(Cl)c3C(F)(F)F)c(F)c2n1.FC1CC2CCCN2C1. The second kappa shape index (κ2) is 17.2. The zero-order valence-electron chi connectivity index (χ0n) is 28.4. The van der Waals surface area contributed by atoms with E-state index in [0.29, 0.717) is 51.1 Å². The van der Waals surface area contributed by atoms with Crippen LogP contribution in [0, 0.1) is 17.1 Å². The number of fused-ring (bicyclic) bond motifs is 2. The molecular formula is C34H40ClF5N8O2. The number of pyridine rings is 1. The van der Waals surface area contributed by atoms with E-state index in [1.807, 2.05) is 23.9 Å². The Labute approximate surface area is 293 Å². The van der Waals surface area contributed by atoms with E-state index >= 15 is 4.39 Å². The van der Waals surface area contributed by atoms with Gasteiger partial charge in [-0.25, -0.2) is 8.78 Å². The number of halogens is 6. The molecule has 50 heavy (non-hydrogen) atoms. The number of benzene rings is 1. The Morgan fingerprint density at radius 1 is 1.18 bits per heavy atom. The molecule has 0 aliphatic carbocycles. The number of anilines is 1. The Balaban J connectivity index is 0.000000393. The van der Waals surface area contributed by atoms with Gasteiger partial charge in [0.15, 0.2) is 5.82 Å². The molecule has 3 aliphatic rings. The summed E-state index contributed by atoms with van der Waals surface area (Å²) in [6.45, 7) is 5.49. The normalized spacial score (nSPS) is 19.2. The van der Waals surface area contributed by atoms with Gasteiger partial charge in [-0.3, -0.25) is 14.7 Å². The minimum atomic E-state index is -4.83. The standard InChI is InChI=1S/C25H25ClF4N6O2.C7H12FN.C2H3N/c1-34(2)9-5-8-18(37)35-10-12-36(13-11-35)23-16-14-31-21(20(27)22(16)32-24(33-23)38-3)15-6-4-7-17(26)19(15)25(28,29)30;8-6-4-7-2-1-3-9(7)5-6;1-2-3/h4-8,14H,9-13H2,1-3H3;6-7H,1-5H2;1H3/b8-5+;;. The number of likely N-dealkylation sites (N-methyl/N-ethyl adjacent to an activating group) is 1. The third-order valence-corrected chi connectivity index (χ3v) is 8.77. The van der Waals surface area contributed by atoms with Crippen LogP contribution in [0.4, 0.5) is 27.8 Å². The van der Waals surface area contributed by atoms with Crippen LogP contribution in [0.3, 0.4) is 0 Å². The number of alkyl halides is 4. The Kier molecular flexibility index (Phi) is 13.3. The Bertz CT molecular complexity index is 1700. The molecule has 0 saturated carbocycles. The van der Waals surface area contributed by atoms with Crippen LogP contribution in [0.15, 0.2) is 36.5 Å². The lowest BCUT2D eigenvalue weighted by Gasteiger charge is -2.35. The Morgan fingerprint density at radius 2 is 1.88 bits per heavy atom. The first-order valence-corrected chi connectivity index (χ1v) is 16.5. The van der Waals surface area contributed by atoms with Crippen LogP contribution in [0.1, 0.15) is 31.7 Å². The van der Waals surface area contributed by atoms with Crippen LogP contribution >= 0.6 is 11.6 Å². The molecule has 16 heteroatoms. The fourth-order valence-corrected chi connectivity index (χ4v) is 6.47. The molecule has 1 aromatic carbocycles. The minimum absolute atomic E-state index is 0.115. The van der Waals surface area contributed by atoms with Crippen molar-refractivity contribution in [1.29, 1.82) is 5.26 Å². The maximum absolute atomic E-state index is 15.8. The van der Waals surface area contributed by atoms with Gasteiger partial charge in [0.25, 0.3) is 0 Å². The maximum Gasteiger partial charge on any atom is 0.418 e. The highest BCUT2D eigenvalue weighted by atomic mass is 35.5. The molecular weight excluding hydrogens is 683 g/mol. The number of carbonyl (C=O) groups is 1. The number of piperazine rings is 1. The topological polar surface area (TPSA) is 102 Å². The van der Waals surface area contributed by atoms with Crippen molar-refractivity contribution in [2.45, 2.75) is 44.6 Å². The summed E-state index contributed by atoms with van der Waals surface area (Å²) in [5.74, 6) is -0.866. The quantitative estimate of drug-likeness (QED) is 0.224. The molecule has 2 unspecified atom stereocenters. The minimum Gasteiger partial charge on any atom is -0.467 e. The Morgan fingerprint density at radius 3 is 2.50 bits per heavy atom. The van der Waals surface area contributed by atoms with E-state index in [-0.39, 0.29) is 22.8 Å². The average Bonchev–Trinajstić information content (AvgIpc) is 3.65. The van der Waals surface area contributed by atoms with Crippen LogP contribution < -0.4 is 9.64 Å². The maximum atomic E-state index is 15.8. The number of ether oxygens (including phenoxy) is 1. The van der Waals surface area contributed by atoms with Gasteiger partial charge >= 0.3 is 12.2 Å². The van der Waals surface area contributed by atoms with Gasteiger partial charge in [-0.05, 0) is 46.0 Å². The van der Waals surface area contributed by atoms with Crippen molar-refractivity contribution in [1.82, 2.24) is 29.7 Å². The van der Waals surface area contributed by atoms with Gasteiger partial charge in [0.1, 0.15) is 23.2 Å². The first-order valence-electron chi connectivity index (χ1n) is 16.1. The lowest BCUT2D eigenvalue weighted by Crippen LogP contribution is -2.48. The van der Waals surface area contributed by atoms with Crippen molar-refractivity contribution < 1.29 is 31.5 Å². The molecule has 0 radical (unpaired) electrons. The van der Waals surface area contributed by atoms with Gasteiger partial charge in [-0.1, -0.05) is 29.8 Å². The summed E-state index contributed by atoms with van der Waals surface area (Å²) in [7, 11) is 5.11. The van der Waals surface area contributed by atoms with Crippen LogP contribution in [-0.2, 0) is 11.0 Å². The molecule has 3 aromatic rings. The highest BCUT2D eigenvalue weighted by Crippen LogP contribution is 2.42. The van der Waals surface area contributed by atoms with E-state index in [0.717, 1.165) is 25.1 Å². The molecule has 10 nitrogen and oxygen atoms in total. The molecule has 3 saturated heterocycles. The smallest absolute Gasteiger partial charge is 0.418 e. The number of methoxy groups -OCH3 is 1. The molecule has 270 valence electrons. The van der Waals surface area contributed by atoms with Crippen molar-refractivity contribution in [2.24, 2.45) is 0 Å². The van der Waals surface area contributed by atoms with Crippen LogP contribution in [0.5, 0.6) is 6.01 Å². The largest absolute Gasteiger partial charge is 0.467 e. The van der Waals surface area contributed by atoms with Crippen LogP contribution in [0.2, 0.25) is 5.02 Å². The summed E-state index contributed by atoms with van der Waals surface area (Å²) in [5, 5.41) is 6.95. The highest BCUT2D eigenvalue weighted by Gasteiger charge is 2.38. The molecule has 1 amide bonds. The molecule has 6 rings (SSSR count). The monoisotopic (exact) mass is 722 g/mol. The van der Waals surface area contributed by atoms with Gasteiger partial charge in [0, 0.05) is 70.1 Å². The first-order chi connectivity index (χ1) is 23.8. The van der Waals surface area contributed by atoms with Crippen LogP contribution in [-0.4, -0.2) is 115 Å². The van der Waals surface area contributed by atoms with E-state index < -0.39 is 40.0 Å². The fraction of sp³-hybridized carbons (Fsp3) is 0.500. The number of nitrogens with zero attached hydrogens (tertiary/aromatic N) is 8. The van der Waals surface area contributed by atoms with Gasteiger partial charge in [-0.2, -0.15) is 28.4 Å². The lowest BCUT2D eigenvalue weighted by atomic mass is 10.0. The van der Waals surface area contributed by atoms with Crippen molar-refractivity contribution in [3.8, 4) is 23.3 Å². The third kappa shape index (κ3) is 9.35. The number of hydrogen-bond donors (Lipinski definition) is 0. The van der Waals surface area contributed by atoms with E-state index in [9.17, 15) is 22.4 Å². The van der Waals surface area contributed by atoms with Gasteiger partial charge < -0.3 is 19.4 Å². The number of nitriles is 1. The number of aromatic nitrogens is 3. The summed E-state index contributed by atoms with van der Waals surface area (Å²) in [5.41, 5.74) is -2.47. The zero-order chi connectivity index (χ0) is 36.6. The Hall–Kier alpha value is -4.13. The molecule has 3 fully saturated rings. The van der Waals surface area contributed by atoms with Crippen molar-refractivity contribution in [2.75, 3.05) is 71.9 Å². The fourth-order valence-electron chi connectivity index (χ4n) is 6.19. The lowest BCUT2D eigenvalue weighted by molar-refractivity contribution is -0.137. The molecule has 0 N–H and O–H groups in total. The van der Waals surface area contributed by atoms with Gasteiger partial charge in [0.2, 0.25) is 5.91 Å². The molecule has 0 spiro atoms. The molecule has 5 heterocycles. The number of amides is 1. The van der Waals surface area contributed by atoms with E-state index in [1.165, 1.54) is 45.2 Å². The summed E-state index contributed by atoms with van der Waals surface area (Å²) in [6.07, 6.45) is 2.54. The molecule has 3 aliphatic heterocycles. The van der Waals surface area contributed by atoms with E-state index in [2.05, 4.69) is 19.9 Å². The van der Waals surface area contributed by atoms with Crippen molar-refractivity contribution in [3.63, 3.8) is 0 Å².